The van der Waals surface area contributed by atoms with Gasteiger partial charge in [-0.25, -0.2) is 4.68 Å². The van der Waals surface area contributed by atoms with Crippen molar-refractivity contribution < 1.29 is 9.47 Å². The average Bonchev–Trinajstić information content (AvgIpc) is 3.23. The molecule has 0 saturated heterocycles. The van der Waals surface area contributed by atoms with E-state index in [0.29, 0.717) is 19.0 Å². The van der Waals surface area contributed by atoms with E-state index in [1.54, 1.807) is 21.3 Å². The maximum atomic E-state index is 5.38. The third-order valence-electron chi connectivity index (χ3n) is 4.28. The fourth-order valence-electron chi connectivity index (χ4n) is 2.76. The van der Waals surface area contributed by atoms with Gasteiger partial charge >= 0.3 is 0 Å². The van der Waals surface area contributed by atoms with E-state index in [-0.39, 0.29) is 0 Å². The Morgan fingerprint density at radius 1 is 0.964 bits per heavy atom. The third-order valence-corrected chi connectivity index (χ3v) is 4.28. The first-order valence-corrected chi connectivity index (χ1v) is 8.99. The second-order valence-corrected chi connectivity index (χ2v) is 6.04. The van der Waals surface area contributed by atoms with Gasteiger partial charge in [0.05, 0.1) is 32.1 Å². The van der Waals surface area contributed by atoms with Crippen LogP contribution in [0, 0.1) is 0 Å². The van der Waals surface area contributed by atoms with E-state index in [0.717, 1.165) is 28.4 Å². The zero-order chi connectivity index (χ0) is 19.8. The van der Waals surface area contributed by atoms with Crippen LogP contribution in [0.5, 0.6) is 11.5 Å². The molecule has 7 nitrogen and oxygen atoms in total. The number of ether oxygens (including phenoxy) is 2. The first kappa shape index (κ1) is 19.3. The Kier molecular flexibility index (Phi) is 6.51. The van der Waals surface area contributed by atoms with Crippen molar-refractivity contribution in [3.05, 3.63) is 72.1 Å². The molecule has 7 heteroatoms. The molecule has 2 N–H and O–H groups in total. The van der Waals surface area contributed by atoms with E-state index < -0.39 is 0 Å². The van der Waals surface area contributed by atoms with Gasteiger partial charge in [0.2, 0.25) is 0 Å². The molecule has 0 unspecified atom stereocenters. The van der Waals surface area contributed by atoms with E-state index in [2.05, 4.69) is 20.7 Å². The topological polar surface area (TPSA) is 72.7 Å². The van der Waals surface area contributed by atoms with Gasteiger partial charge in [-0.1, -0.05) is 18.2 Å². The van der Waals surface area contributed by atoms with Crippen LogP contribution in [0.15, 0.2) is 65.8 Å². The highest BCUT2D eigenvalue weighted by atomic mass is 16.5. The Morgan fingerprint density at radius 2 is 1.71 bits per heavy atom. The first-order valence-electron chi connectivity index (χ1n) is 8.99. The van der Waals surface area contributed by atoms with Crippen LogP contribution in [0.2, 0.25) is 0 Å². The summed E-state index contributed by atoms with van der Waals surface area (Å²) in [6.07, 6.45) is 1.93. The fraction of sp³-hybridized carbons (Fsp3) is 0.238. The Bertz CT molecular complexity index is 919. The molecule has 0 aliphatic carbocycles. The van der Waals surface area contributed by atoms with Gasteiger partial charge in [0.25, 0.3) is 0 Å². The van der Waals surface area contributed by atoms with Gasteiger partial charge in [-0.3, -0.25) is 4.99 Å². The number of nitrogens with zero attached hydrogens (tertiary/aromatic N) is 3. The molecule has 28 heavy (non-hydrogen) atoms. The fourth-order valence-corrected chi connectivity index (χ4v) is 2.76. The predicted octanol–water partition coefficient (Wildman–Crippen LogP) is 2.75. The van der Waals surface area contributed by atoms with E-state index in [4.69, 9.17) is 9.47 Å². The minimum absolute atomic E-state index is 0.564. The molecule has 2 aromatic carbocycles. The lowest BCUT2D eigenvalue weighted by Gasteiger charge is -2.13. The molecule has 146 valence electrons. The largest absolute Gasteiger partial charge is 0.497 e. The number of para-hydroxylation sites is 1. The first-order chi connectivity index (χ1) is 13.7. The molecule has 0 aliphatic rings. The van der Waals surface area contributed by atoms with Crippen LogP contribution in [0.25, 0.3) is 5.69 Å². The number of nitrogens with one attached hydrogen (secondary N) is 2. The molecule has 1 aromatic heterocycles. The van der Waals surface area contributed by atoms with Crippen molar-refractivity contribution in [1.82, 2.24) is 20.4 Å². The summed E-state index contributed by atoms with van der Waals surface area (Å²) in [5.74, 6) is 2.37. The van der Waals surface area contributed by atoms with Gasteiger partial charge in [0.1, 0.15) is 11.5 Å². The van der Waals surface area contributed by atoms with E-state index in [1.165, 1.54) is 0 Å². The summed E-state index contributed by atoms with van der Waals surface area (Å²) in [5.41, 5.74) is 2.96. The Labute approximate surface area is 165 Å². The number of hydrogen-bond acceptors (Lipinski definition) is 4. The highest BCUT2D eigenvalue weighted by Crippen LogP contribution is 2.17. The maximum Gasteiger partial charge on any atom is 0.191 e. The molecule has 0 amide bonds. The third kappa shape index (κ3) is 4.82. The molecular weight excluding hydrogens is 354 g/mol. The van der Waals surface area contributed by atoms with Gasteiger partial charge in [0.15, 0.2) is 5.96 Å². The highest BCUT2D eigenvalue weighted by Gasteiger charge is 2.05. The Balaban J connectivity index is 1.56. The zero-order valence-corrected chi connectivity index (χ0v) is 16.3. The number of guanidine groups is 1. The summed E-state index contributed by atoms with van der Waals surface area (Å²) in [6, 6.07) is 17.7. The van der Waals surface area contributed by atoms with E-state index >= 15 is 0 Å². The van der Waals surface area contributed by atoms with Gasteiger partial charge in [-0.2, -0.15) is 5.10 Å². The van der Waals surface area contributed by atoms with Crippen LogP contribution < -0.4 is 20.1 Å². The lowest BCUT2D eigenvalue weighted by Crippen LogP contribution is -2.36. The number of aromatic nitrogens is 2. The predicted molar refractivity (Wildman–Crippen MR) is 110 cm³/mol. The van der Waals surface area contributed by atoms with Crippen LogP contribution in [-0.4, -0.2) is 37.0 Å². The number of hydrogen-bond donors (Lipinski definition) is 2. The summed E-state index contributed by atoms with van der Waals surface area (Å²) in [7, 11) is 5.07. The van der Waals surface area contributed by atoms with Gasteiger partial charge in [-0.05, 0) is 36.4 Å². The molecule has 0 atom stereocenters. The van der Waals surface area contributed by atoms with Crippen molar-refractivity contribution in [1.29, 1.82) is 0 Å². The summed E-state index contributed by atoms with van der Waals surface area (Å²) in [4.78, 5) is 4.26. The quantitative estimate of drug-likeness (QED) is 0.488. The summed E-state index contributed by atoms with van der Waals surface area (Å²) in [5, 5.41) is 11.2. The van der Waals surface area contributed by atoms with Crippen molar-refractivity contribution in [2.45, 2.75) is 13.1 Å². The molecule has 0 radical (unpaired) electrons. The smallest absolute Gasteiger partial charge is 0.191 e. The van der Waals surface area contributed by atoms with Crippen LogP contribution in [0.3, 0.4) is 0 Å². The normalized spacial score (nSPS) is 11.2. The summed E-state index contributed by atoms with van der Waals surface area (Å²) >= 11 is 0. The van der Waals surface area contributed by atoms with Gasteiger partial charge < -0.3 is 20.1 Å². The van der Waals surface area contributed by atoms with E-state index in [1.807, 2.05) is 65.5 Å². The second kappa shape index (κ2) is 9.45. The number of rotatable bonds is 7. The van der Waals surface area contributed by atoms with E-state index in [9.17, 15) is 0 Å². The van der Waals surface area contributed by atoms with Gasteiger partial charge in [0, 0.05) is 25.4 Å². The summed E-state index contributed by atoms with van der Waals surface area (Å²) < 4.78 is 12.4. The van der Waals surface area contributed by atoms with Crippen LogP contribution in [0.1, 0.15) is 11.3 Å². The number of aliphatic imine (C=N–C) groups is 1. The molecule has 0 fully saturated rings. The molecule has 0 spiro atoms. The van der Waals surface area contributed by atoms with Crippen molar-refractivity contribution in [3.63, 3.8) is 0 Å². The average molecular weight is 379 g/mol. The number of methoxy groups -OCH3 is 2. The van der Waals surface area contributed by atoms with Crippen LogP contribution in [0.4, 0.5) is 0 Å². The lowest BCUT2D eigenvalue weighted by atomic mass is 10.2. The molecule has 3 aromatic rings. The van der Waals surface area contributed by atoms with Crippen molar-refractivity contribution >= 4 is 5.96 Å². The highest BCUT2D eigenvalue weighted by molar-refractivity contribution is 5.79. The van der Waals surface area contributed by atoms with Crippen molar-refractivity contribution in [3.8, 4) is 17.2 Å². The van der Waals surface area contributed by atoms with Crippen LogP contribution >= 0.6 is 0 Å². The lowest BCUT2D eigenvalue weighted by molar-refractivity contribution is 0.409. The molecule has 3 rings (SSSR count). The van der Waals surface area contributed by atoms with Gasteiger partial charge in [-0.15, -0.1) is 0 Å². The van der Waals surface area contributed by atoms with Crippen molar-refractivity contribution in [2.24, 2.45) is 4.99 Å². The molecule has 0 bridgehead atoms. The molecule has 0 aliphatic heterocycles. The monoisotopic (exact) mass is 379 g/mol. The standard InChI is InChI=1S/C21H25N5O2/c1-22-21(23-14-16-6-4-5-7-20(16)28-3)24-15-17-12-13-26(25-17)18-8-10-19(27-2)11-9-18/h4-13H,14-15H2,1-3H3,(H2,22,23,24). The minimum Gasteiger partial charge on any atom is -0.497 e. The Hall–Kier alpha value is -3.48. The van der Waals surface area contributed by atoms with Crippen molar-refractivity contribution in [2.75, 3.05) is 21.3 Å². The molecule has 1 heterocycles. The Morgan fingerprint density at radius 3 is 2.43 bits per heavy atom. The number of benzene rings is 2. The molecule has 0 saturated carbocycles. The minimum atomic E-state index is 0.564. The zero-order valence-electron chi connectivity index (χ0n) is 16.3. The molecular formula is C21H25N5O2. The SMILES string of the molecule is CN=C(NCc1ccn(-c2ccc(OC)cc2)n1)NCc1ccccc1OC. The van der Waals surface area contributed by atoms with Crippen LogP contribution in [-0.2, 0) is 13.1 Å². The summed E-state index contributed by atoms with van der Waals surface area (Å²) in [6.45, 7) is 1.18. The second-order valence-electron chi connectivity index (χ2n) is 6.04. The maximum absolute atomic E-state index is 5.38.